The predicted molar refractivity (Wildman–Crippen MR) is 66.9 cm³/mol. The second-order valence-corrected chi connectivity index (χ2v) is 5.12. The molecule has 16 heavy (non-hydrogen) atoms. The van der Waals surface area contributed by atoms with E-state index in [-0.39, 0.29) is 0 Å². The molecule has 1 aliphatic rings. The largest absolute Gasteiger partial charge is 0.354 e. The van der Waals surface area contributed by atoms with Gasteiger partial charge in [-0.05, 0) is 25.7 Å². The molecule has 2 heterocycles. The van der Waals surface area contributed by atoms with Gasteiger partial charge in [0, 0.05) is 18.7 Å². The number of aromatic nitrogens is 2. The summed E-state index contributed by atoms with van der Waals surface area (Å²) >= 11 is 5.91. The fourth-order valence-corrected chi connectivity index (χ4v) is 2.47. The SMILES string of the molecule is C[C@H]1CCC[C@H](C)N(c2cc(Cl)ncn2)C1. The van der Waals surface area contributed by atoms with Gasteiger partial charge in [-0.15, -0.1) is 0 Å². The number of anilines is 1. The van der Waals surface area contributed by atoms with Crippen LogP contribution >= 0.6 is 11.6 Å². The van der Waals surface area contributed by atoms with Gasteiger partial charge >= 0.3 is 0 Å². The summed E-state index contributed by atoms with van der Waals surface area (Å²) in [4.78, 5) is 10.6. The van der Waals surface area contributed by atoms with Crippen molar-refractivity contribution in [3.63, 3.8) is 0 Å². The Kier molecular flexibility index (Phi) is 3.64. The summed E-state index contributed by atoms with van der Waals surface area (Å²) in [5.74, 6) is 1.68. The molecular formula is C12H18ClN3. The molecule has 1 aliphatic heterocycles. The molecule has 0 saturated carbocycles. The van der Waals surface area contributed by atoms with Gasteiger partial charge in [0.15, 0.2) is 0 Å². The highest BCUT2D eigenvalue weighted by Gasteiger charge is 2.22. The van der Waals surface area contributed by atoms with Crippen molar-refractivity contribution in [2.45, 2.75) is 39.2 Å². The third-order valence-corrected chi connectivity index (χ3v) is 3.48. The number of halogens is 1. The van der Waals surface area contributed by atoms with Gasteiger partial charge in [0.2, 0.25) is 0 Å². The highest BCUT2D eigenvalue weighted by molar-refractivity contribution is 6.29. The average molecular weight is 240 g/mol. The highest BCUT2D eigenvalue weighted by atomic mass is 35.5. The van der Waals surface area contributed by atoms with Crippen LogP contribution < -0.4 is 4.90 Å². The lowest BCUT2D eigenvalue weighted by atomic mass is 10.1. The minimum Gasteiger partial charge on any atom is -0.354 e. The lowest BCUT2D eigenvalue weighted by Gasteiger charge is -2.29. The van der Waals surface area contributed by atoms with E-state index < -0.39 is 0 Å². The lowest BCUT2D eigenvalue weighted by Crippen LogP contribution is -2.35. The zero-order valence-electron chi connectivity index (χ0n) is 9.86. The lowest BCUT2D eigenvalue weighted by molar-refractivity contribution is 0.542. The van der Waals surface area contributed by atoms with Crippen LogP contribution in [0.5, 0.6) is 0 Å². The molecule has 1 aromatic rings. The first-order valence-electron chi connectivity index (χ1n) is 5.91. The van der Waals surface area contributed by atoms with E-state index in [4.69, 9.17) is 11.6 Å². The molecule has 1 aromatic heterocycles. The minimum atomic E-state index is 0.522. The van der Waals surface area contributed by atoms with Crippen LogP contribution in [0.25, 0.3) is 0 Å². The Balaban J connectivity index is 2.22. The summed E-state index contributed by atoms with van der Waals surface area (Å²) in [5, 5.41) is 0.522. The zero-order valence-corrected chi connectivity index (χ0v) is 10.6. The van der Waals surface area contributed by atoms with Gasteiger partial charge in [0.1, 0.15) is 17.3 Å². The highest BCUT2D eigenvalue weighted by Crippen LogP contribution is 2.25. The van der Waals surface area contributed by atoms with E-state index in [9.17, 15) is 0 Å². The van der Waals surface area contributed by atoms with Crippen LogP contribution in [0.2, 0.25) is 5.15 Å². The van der Waals surface area contributed by atoms with Crippen LogP contribution in [0.15, 0.2) is 12.4 Å². The molecule has 0 aromatic carbocycles. The second-order valence-electron chi connectivity index (χ2n) is 4.74. The summed E-state index contributed by atoms with van der Waals surface area (Å²) < 4.78 is 0. The van der Waals surface area contributed by atoms with E-state index in [2.05, 4.69) is 28.7 Å². The molecule has 0 aliphatic carbocycles. The maximum absolute atomic E-state index is 5.91. The number of hydrogen-bond donors (Lipinski definition) is 0. The molecule has 0 amide bonds. The standard InChI is InChI=1S/C12H18ClN3/c1-9-4-3-5-10(2)16(7-9)12-6-11(13)14-8-15-12/h6,8-10H,3-5,7H2,1-2H3/t9-,10-/m0/s1. The molecule has 1 fully saturated rings. The van der Waals surface area contributed by atoms with Crippen molar-refractivity contribution in [1.29, 1.82) is 0 Å². The predicted octanol–water partition coefficient (Wildman–Crippen LogP) is 3.14. The van der Waals surface area contributed by atoms with Crippen molar-refractivity contribution in [3.8, 4) is 0 Å². The number of rotatable bonds is 1. The van der Waals surface area contributed by atoms with E-state index in [1.54, 1.807) is 6.33 Å². The molecule has 2 atom stereocenters. The van der Waals surface area contributed by atoms with Crippen molar-refractivity contribution in [1.82, 2.24) is 9.97 Å². The molecule has 88 valence electrons. The quantitative estimate of drug-likeness (QED) is 0.705. The van der Waals surface area contributed by atoms with Crippen molar-refractivity contribution in [2.24, 2.45) is 5.92 Å². The van der Waals surface area contributed by atoms with E-state index in [1.807, 2.05) is 6.07 Å². The van der Waals surface area contributed by atoms with Crippen molar-refractivity contribution >= 4 is 17.4 Å². The second kappa shape index (κ2) is 5.00. The molecule has 0 unspecified atom stereocenters. The van der Waals surface area contributed by atoms with Gasteiger partial charge in [-0.2, -0.15) is 0 Å². The zero-order chi connectivity index (χ0) is 11.5. The Bertz CT molecular complexity index is 356. The molecule has 0 spiro atoms. The Morgan fingerprint density at radius 1 is 1.31 bits per heavy atom. The summed E-state index contributed by atoms with van der Waals surface area (Å²) in [5.41, 5.74) is 0. The molecule has 1 saturated heterocycles. The minimum absolute atomic E-state index is 0.522. The summed E-state index contributed by atoms with van der Waals surface area (Å²) in [7, 11) is 0. The molecular weight excluding hydrogens is 222 g/mol. The molecule has 2 rings (SSSR count). The Hall–Kier alpha value is -0.830. The topological polar surface area (TPSA) is 29.0 Å². The Labute approximate surface area is 102 Å². The van der Waals surface area contributed by atoms with Crippen LogP contribution in [-0.2, 0) is 0 Å². The van der Waals surface area contributed by atoms with Gasteiger partial charge in [-0.3, -0.25) is 0 Å². The van der Waals surface area contributed by atoms with Crippen molar-refractivity contribution < 1.29 is 0 Å². The average Bonchev–Trinajstić information content (AvgIpc) is 2.41. The molecule has 3 nitrogen and oxygen atoms in total. The fraction of sp³-hybridized carbons (Fsp3) is 0.667. The van der Waals surface area contributed by atoms with E-state index in [0.717, 1.165) is 18.3 Å². The van der Waals surface area contributed by atoms with Gasteiger partial charge in [0.05, 0.1) is 0 Å². The van der Waals surface area contributed by atoms with Gasteiger partial charge < -0.3 is 4.90 Å². The van der Waals surface area contributed by atoms with Gasteiger partial charge in [0.25, 0.3) is 0 Å². The number of nitrogens with zero attached hydrogens (tertiary/aromatic N) is 3. The summed E-state index contributed by atoms with van der Waals surface area (Å²) in [6, 6.07) is 2.40. The van der Waals surface area contributed by atoms with Crippen LogP contribution in [-0.4, -0.2) is 22.6 Å². The van der Waals surface area contributed by atoms with E-state index in [0.29, 0.717) is 11.2 Å². The Morgan fingerprint density at radius 3 is 2.88 bits per heavy atom. The first kappa shape index (κ1) is 11.6. The van der Waals surface area contributed by atoms with E-state index >= 15 is 0 Å². The first-order valence-corrected chi connectivity index (χ1v) is 6.29. The number of hydrogen-bond acceptors (Lipinski definition) is 3. The Morgan fingerprint density at radius 2 is 2.12 bits per heavy atom. The van der Waals surface area contributed by atoms with Crippen molar-refractivity contribution in [2.75, 3.05) is 11.4 Å². The van der Waals surface area contributed by atoms with Crippen molar-refractivity contribution in [3.05, 3.63) is 17.5 Å². The van der Waals surface area contributed by atoms with Crippen LogP contribution in [0.1, 0.15) is 33.1 Å². The first-order chi connectivity index (χ1) is 7.66. The van der Waals surface area contributed by atoms with Crippen LogP contribution in [0.3, 0.4) is 0 Å². The third kappa shape index (κ3) is 2.64. The monoisotopic (exact) mass is 239 g/mol. The smallest absolute Gasteiger partial charge is 0.134 e. The third-order valence-electron chi connectivity index (χ3n) is 3.27. The summed E-state index contributed by atoms with van der Waals surface area (Å²) in [6.45, 7) is 5.62. The molecule has 0 bridgehead atoms. The molecule has 0 radical (unpaired) electrons. The fourth-order valence-electron chi connectivity index (χ4n) is 2.33. The van der Waals surface area contributed by atoms with Crippen LogP contribution in [0, 0.1) is 5.92 Å². The van der Waals surface area contributed by atoms with Gasteiger partial charge in [-0.25, -0.2) is 9.97 Å². The van der Waals surface area contributed by atoms with Gasteiger partial charge in [-0.1, -0.05) is 24.9 Å². The summed E-state index contributed by atoms with van der Waals surface area (Å²) in [6.07, 6.45) is 5.38. The van der Waals surface area contributed by atoms with E-state index in [1.165, 1.54) is 19.3 Å². The normalized spacial score (nSPS) is 26.6. The molecule has 4 heteroatoms. The maximum atomic E-state index is 5.91. The van der Waals surface area contributed by atoms with Crippen LogP contribution in [0.4, 0.5) is 5.82 Å². The molecule has 0 N–H and O–H groups in total. The maximum Gasteiger partial charge on any atom is 0.134 e.